The molecule has 1 saturated heterocycles. The monoisotopic (exact) mass is 338 g/mol. The van der Waals surface area contributed by atoms with E-state index in [0.717, 1.165) is 23.2 Å². The first-order valence-corrected chi connectivity index (χ1v) is 7.34. The van der Waals surface area contributed by atoms with Gasteiger partial charge in [0.05, 0.1) is 29.1 Å². The molecule has 1 fully saturated rings. The summed E-state index contributed by atoms with van der Waals surface area (Å²) in [6.45, 7) is 5.64. The third-order valence-corrected chi connectivity index (χ3v) is 4.18. The second kappa shape index (κ2) is 4.86. The van der Waals surface area contributed by atoms with Crippen molar-refractivity contribution in [1.82, 2.24) is 0 Å². The number of benzene rings is 1. The fraction of sp³-hybridized carbons (Fsp3) is 0.429. The Morgan fingerprint density at radius 3 is 2.55 bits per heavy atom. The van der Waals surface area contributed by atoms with Gasteiger partial charge < -0.3 is 15.0 Å². The predicted molar refractivity (Wildman–Crippen MR) is 79.3 cm³/mol. The summed E-state index contributed by atoms with van der Waals surface area (Å²) in [5.74, 6) is -1.04. The van der Waals surface area contributed by atoms with Crippen LogP contribution in [0.1, 0.15) is 24.2 Å². The summed E-state index contributed by atoms with van der Waals surface area (Å²) in [5, 5.41) is 2.61. The van der Waals surface area contributed by atoms with Gasteiger partial charge in [-0.1, -0.05) is 0 Å². The number of nitrogens with zero attached hydrogens (tertiary/aromatic N) is 1. The molecule has 5 nitrogen and oxygen atoms in total. The van der Waals surface area contributed by atoms with Crippen LogP contribution < -0.4 is 10.2 Å². The minimum absolute atomic E-state index is 0.148. The second-order valence-corrected chi connectivity index (χ2v) is 6.15. The van der Waals surface area contributed by atoms with Gasteiger partial charge in [-0.15, -0.1) is 0 Å². The van der Waals surface area contributed by atoms with Gasteiger partial charge in [0.1, 0.15) is 0 Å². The van der Waals surface area contributed by atoms with Gasteiger partial charge in [0.2, 0.25) is 0 Å². The van der Waals surface area contributed by atoms with Crippen LogP contribution in [0.15, 0.2) is 16.6 Å². The summed E-state index contributed by atoms with van der Waals surface area (Å²) in [7, 11) is 0. The fourth-order valence-corrected chi connectivity index (χ4v) is 3.37. The average molecular weight is 339 g/mol. The lowest BCUT2D eigenvalue weighted by molar-refractivity contribution is -0.112. The molecule has 1 aromatic carbocycles. The number of hydrogen-bond donors (Lipinski definition) is 1. The first kappa shape index (κ1) is 13.6. The number of carbonyl (C=O) groups excluding carboxylic acids is 2. The maximum Gasteiger partial charge on any atom is 0.296 e. The van der Waals surface area contributed by atoms with Gasteiger partial charge in [-0.25, -0.2) is 0 Å². The topological polar surface area (TPSA) is 58.6 Å². The molecule has 20 heavy (non-hydrogen) atoms. The first-order chi connectivity index (χ1) is 9.45. The van der Waals surface area contributed by atoms with Crippen molar-refractivity contribution in [3.8, 4) is 0 Å². The van der Waals surface area contributed by atoms with E-state index in [1.807, 2.05) is 19.9 Å². The molecule has 2 aliphatic heterocycles. The van der Waals surface area contributed by atoms with E-state index in [2.05, 4.69) is 26.1 Å². The maximum atomic E-state index is 11.7. The summed E-state index contributed by atoms with van der Waals surface area (Å²) < 4.78 is 6.55. The van der Waals surface area contributed by atoms with Gasteiger partial charge in [-0.2, -0.15) is 0 Å². The van der Waals surface area contributed by atoms with Crippen LogP contribution in [-0.2, 0) is 9.53 Å². The summed E-state index contributed by atoms with van der Waals surface area (Å²) in [6.07, 6.45) is 0.297. The minimum Gasteiger partial charge on any atom is -0.372 e. The molecule has 3 rings (SSSR count). The van der Waals surface area contributed by atoms with Crippen molar-refractivity contribution in [3.63, 3.8) is 0 Å². The number of halogens is 1. The predicted octanol–water partition coefficient (Wildman–Crippen LogP) is 2.20. The Balaban J connectivity index is 1.97. The van der Waals surface area contributed by atoms with Crippen LogP contribution in [0.5, 0.6) is 0 Å². The number of fused-ring (bicyclic) bond motifs is 1. The summed E-state index contributed by atoms with van der Waals surface area (Å²) in [6, 6.07) is 3.57. The van der Waals surface area contributed by atoms with Crippen LogP contribution in [0.3, 0.4) is 0 Å². The quantitative estimate of drug-likeness (QED) is 0.797. The van der Waals surface area contributed by atoms with Crippen molar-refractivity contribution in [1.29, 1.82) is 0 Å². The molecule has 0 spiro atoms. The zero-order chi connectivity index (χ0) is 14.4. The summed E-state index contributed by atoms with van der Waals surface area (Å²) >= 11 is 3.50. The van der Waals surface area contributed by atoms with Crippen molar-refractivity contribution in [2.75, 3.05) is 23.3 Å². The highest BCUT2D eigenvalue weighted by atomic mass is 79.9. The number of morpholine rings is 1. The highest BCUT2D eigenvalue weighted by molar-refractivity contribution is 9.10. The van der Waals surface area contributed by atoms with E-state index in [1.165, 1.54) is 0 Å². The smallest absolute Gasteiger partial charge is 0.296 e. The standard InChI is InChI=1S/C14H15BrN2O3/c1-7-5-17(6-8(2)20-7)12-4-11-9(3-10(12)15)13(18)14(19)16-11/h3-4,7-8H,5-6H2,1-2H3,(H,16,18,19)/t7-,8+. The number of ether oxygens (including phenoxy) is 1. The first-order valence-electron chi connectivity index (χ1n) is 6.55. The molecule has 1 aromatic rings. The largest absolute Gasteiger partial charge is 0.372 e. The number of rotatable bonds is 1. The van der Waals surface area contributed by atoms with Gasteiger partial charge in [-0.3, -0.25) is 9.59 Å². The third kappa shape index (κ3) is 2.23. The SMILES string of the molecule is C[C@@H]1CN(c2cc3c(cc2Br)C(=O)C(=O)N3)C[C@H](C)O1. The van der Waals surface area contributed by atoms with E-state index in [0.29, 0.717) is 11.3 Å². The second-order valence-electron chi connectivity index (χ2n) is 5.29. The molecule has 106 valence electrons. The molecule has 1 amide bonds. The van der Waals surface area contributed by atoms with Crippen LogP contribution >= 0.6 is 15.9 Å². The Kier molecular flexibility index (Phi) is 3.30. The summed E-state index contributed by atoms with van der Waals surface area (Å²) in [4.78, 5) is 25.3. The fourth-order valence-electron chi connectivity index (χ4n) is 2.77. The molecule has 0 radical (unpaired) electrons. The average Bonchev–Trinajstić information content (AvgIpc) is 2.63. The van der Waals surface area contributed by atoms with Crippen molar-refractivity contribution in [2.45, 2.75) is 26.1 Å². The Labute approximate surface area is 125 Å². The number of hydrogen-bond acceptors (Lipinski definition) is 4. The highest BCUT2D eigenvalue weighted by Crippen LogP contribution is 2.36. The Hall–Kier alpha value is -1.40. The molecule has 0 aliphatic carbocycles. The van der Waals surface area contributed by atoms with Gasteiger partial charge in [0.15, 0.2) is 0 Å². The maximum absolute atomic E-state index is 11.7. The molecular formula is C14H15BrN2O3. The molecule has 6 heteroatoms. The summed E-state index contributed by atoms with van der Waals surface area (Å²) in [5.41, 5.74) is 1.99. The van der Waals surface area contributed by atoms with E-state index < -0.39 is 11.7 Å². The number of nitrogens with one attached hydrogen (secondary N) is 1. The van der Waals surface area contributed by atoms with Crippen LogP contribution in [0, 0.1) is 0 Å². The zero-order valence-electron chi connectivity index (χ0n) is 11.3. The van der Waals surface area contributed by atoms with Gasteiger partial charge in [0, 0.05) is 17.6 Å². The number of carbonyl (C=O) groups is 2. The number of Topliss-reactive ketones (excluding diaryl/α,β-unsaturated/α-hetero) is 1. The van der Waals surface area contributed by atoms with Gasteiger partial charge in [-0.05, 0) is 41.9 Å². The van der Waals surface area contributed by atoms with E-state index >= 15 is 0 Å². The van der Waals surface area contributed by atoms with Crippen molar-refractivity contribution >= 4 is 39.0 Å². The lowest BCUT2D eigenvalue weighted by atomic mass is 10.1. The minimum atomic E-state index is -0.562. The van der Waals surface area contributed by atoms with Crippen molar-refractivity contribution < 1.29 is 14.3 Å². The normalized spacial score (nSPS) is 25.6. The number of anilines is 2. The highest BCUT2D eigenvalue weighted by Gasteiger charge is 2.31. The zero-order valence-corrected chi connectivity index (χ0v) is 12.9. The lowest BCUT2D eigenvalue weighted by Crippen LogP contribution is -2.45. The molecule has 1 N–H and O–H groups in total. The van der Waals surface area contributed by atoms with Gasteiger partial charge in [0.25, 0.3) is 11.7 Å². The van der Waals surface area contributed by atoms with E-state index in [9.17, 15) is 9.59 Å². The van der Waals surface area contributed by atoms with Crippen LogP contribution in [0.2, 0.25) is 0 Å². The van der Waals surface area contributed by atoms with E-state index in [4.69, 9.17) is 4.74 Å². The molecule has 0 unspecified atom stereocenters. The van der Waals surface area contributed by atoms with Gasteiger partial charge >= 0.3 is 0 Å². The molecule has 0 bridgehead atoms. The Morgan fingerprint density at radius 2 is 1.90 bits per heavy atom. The number of amides is 1. The molecule has 0 aromatic heterocycles. The van der Waals surface area contributed by atoms with Crippen LogP contribution in [0.4, 0.5) is 11.4 Å². The Bertz CT molecular complexity index is 592. The molecular weight excluding hydrogens is 324 g/mol. The molecule has 0 saturated carbocycles. The molecule has 2 atom stereocenters. The van der Waals surface area contributed by atoms with E-state index in [1.54, 1.807) is 6.07 Å². The van der Waals surface area contributed by atoms with Crippen molar-refractivity contribution in [2.24, 2.45) is 0 Å². The van der Waals surface area contributed by atoms with E-state index in [-0.39, 0.29) is 12.2 Å². The third-order valence-electron chi connectivity index (χ3n) is 3.55. The van der Waals surface area contributed by atoms with Crippen LogP contribution in [0.25, 0.3) is 0 Å². The molecule has 2 heterocycles. The Morgan fingerprint density at radius 1 is 1.25 bits per heavy atom. The van der Waals surface area contributed by atoms with Crippen molar-refractivity contribution in [3.05, 3.63) is 22.2 Å². The number of ketones is 1. The molecule has 2 aliphatic rings. The lowest BCUT2D eigenvalue weighted by Gasteiger charge is -2.37. The van der Waals surface area contributed by atoms with Crippen LogP contribution in [-0.4, -0.2) is 37.0 Å².